The molecule has 0 radical (unpaired) electrons. The number of aliphatic hydroxyl groups is 1. The lowest BCUT2D eigenvalue weighted by atomic mass is 9.87. The van der Waals surface area contributed by atoms with Crippen LogP contribution in [0.5, 0.6) is 0 Å². The number of aliphatic hydroxyl groups excluding tert-OH is 1. The Hall–Kier alpha value is -1.00. The van der Waals surface area contributed by atoms with Gasteiger partial charge in [-0.25, -0.2) is 0 Å². The second-order valence-electron chi connectivity index (χ2n) is 5.74. The van der Waals surface area contributed by atoms with Crippen molar-refractivity contribution >= 4 is 17.7 Å². The van der Waals surface area contributed by atoms with Crippen molar-refractivity contribution in [3.63, 3.8) is 0 Å². The second-order valence-corrected chi connectivity index (χ2v) is 6.91. The number of nitrogens with one attached hydrogen (secondary N) is 1. The number of hydrogen-bond donors (Lipinski definition) is 2. The average molecular weight is 307 g/mol. The Balaban J connectivity index is 1.51. The number of carbonyl (C=O) groups is 1. The second kappa shape index (κ2) is 9.11. The first-order valence-electron chi connectivity index (χ1n) is 7.86. The van der Waals surface area contributed by atoms with Crippen molar-refractivity contribution in [2.75, 3.05) is 12.3 Å². The first-order valence-corrected chi connectivity index (χ1v) is 8.85. The molecule has 0 saturated heterocycles. The highest BCUT2D eigenvalue weighted by Gasteiger charge is 2.19. The zero-order chi connectivity index (χ0) is 14.9. The predicted molar refractivity (Wildman–Crippen MR) is 87.4 cm³/mol. The summed E-state index contributed by atoms with van der Waals surface area (Å²) in [6, 6.07) is 10.3. The molecule has 21 heavy (non-hydrogen) atoms. The van der Waals surface area contributed by atoms with Gasteiger partial charge in [0.25, 0.3) is 0 Å². The quantitative estimate of drug-likeness (QED) is 0.600. The summed E-state index contributed by atoms with van der Waals surface area (Å²) in [5, 5.41) is 12.5. The predicted octanol–water partition coefficient (Wildman–Crippen LogP) is 3.23. The molecule has 0 spiro atoms. The van der Waals surface area contributed by atoms with Gasteiger partial charge in [-0.15, -0.1) is 11.8 Å². The Bertz CT molecular complexity index is 416. The summed E-state index contributed by atoms with van der Waals surface area (Å²) < 4.78 is 0. The first-order chi connectivity index (χ1) is 10.2. The molecule has 1 aromatic carbocycles. The van der Waals surface area contributed by atoms with Crippen LogP contribution in [0.4, 0.5) is 0 Å². The molecule has 0 unspecified atom stereocenters. The van der Waals surface area contributed by atoms with Gasteiger partial charge in [-0.2, -0.15) is 0 Å². The smallest absolute Gasteiger partial charge is 0.220 e. The van der Waals surface area contributed by atoms with E-state index in [0.717, 1.165) is 44.4 Å². The molecule has 1 aliphatic rings. The SMILES string of the molecule is O=C(CCCSc1ccccc1)NCC1CCC(O)CC1. The Morgan fingerprint density at radius 2 is 1.90 bits per heavy atom. The van der Waals surface area contributed by atoms with Gasteiger partial charge in [0.2, 0.25) is 5.91 Å². The Labute approximate surface area is 131 Å². The summed E-state index contributed by atoms with van der Waals surface area (Å²) in [6.07, 6.45) is 5.23. The Kier molecular flexibility index (Phi) is 7.10. The minimum absolute atomic E-state index is 0.119. The van der Waals surface area contributed by atoms with Gasteiger partial charge in [-0.1, -0.05) is 18.2 Å². The third-order valence-electron chi connectivity index (χ3n) is 3.96. The average Bonchev–Trinajstić information content (AvgIpc) is 2.52. The molecule has 0 atom stereocenters. The fraction of sp³-hybridized carbons (Fsp3) is 0.588. The molecule has 1 fully saturated rings. The van der Waals surface area contributed by atoms with E-state index in [1.807, 2.05) is 18.2 Å². The number of amides is 1. The highest BCUT2D eigenvalue weighted by atomic mass is 32.2. The Morgan fingerprint density at radius 1 is 1.19 bits per heavy atom. The van der Waals surface area contributed by atoms with Crippen molar-refractivity contribution in [3.8, 4) is 0 Å². The van der Waals surface area contributed by atoms with Crippen molar-refractivity contribution in [2.45, 2.75) is 49.5 Å². The molecular weight excluding hydrogens is 282 g/mol. The van der Waals surface area contributed by atoms with E-state index >= 15 is 0 Å². The van der Waals surface area contributed by atoms with Gasteiger partial charge >= 0.3 is 0 Å². The van der Waals surface area contributed by atoms with Crippen LogP contribution in [0.15, 0.2) is 35.2 Å². The van der Waals surface area contributed by atoms with Gasteiger partial charge in [-0.3, -0.25) is 4.79 Å². The van der Waals surface area contributed by atoms with Gasteiger partial charge in [0.05, 0.1) is 6.10 Å². The van der Waals surface area contributed by atoms with Crippen LogP contribution in [0, 0.1) is 5.92 Å². The number of carbonyl (C=O) groups excluding carboxylic acids is 1. The lowest BCUT2D eigenvalue weighted by molar-refractivity contribution is -0.121. The monoisotopic (exact) mass is 307 g/mol. The number of rotatable bonds is 7. The third kappa shape index (κ3) is 6.53. The molecule has 1 saturated carbocycles. The molecule has 3 nitrogen and oxygen atoms in total. The standard InChI is InChI=1S/C17H25NO2S/c19-15-10-8-14(9-11-15)13-18-17(20)7-4-12-21-16-5-2-1-3-6-16/h1-3,5-6,14-15,19H,4,7-13H2,(H,18,20). The zero-order valence-electron chi connectivity index (χ0n) is 12.5. The topological polar surface area (TPSA) is 49.3 Å². The highest BCUT2D eigenvalue weighted by molar-refractivity contribution is 7.99. The number of hydrogen-bond acceptors (Lipinski definition) is 3. The lowest BCUT2D eigenvalue weighted by Crippen LogP contribution is -2.32. The molecule has 116 valence electrons. The summed E-state index contributed by atoms with van der Waals surface area (Å²) in [4.78, 5) is 13.1. The van der Waals surface area contributed by atoms with E-state index in [1.54, 1.807) is 11.8 Å². The van der Waals surface area contributed by atoms with E-state index in [9.17, 15) is 9.90 Å². The van der Waals surface area contributed by atoms with E-state index in [2.05, 4.69) is 17.4 Å². The first kappa shape index (κ1) is 16.4. The normalized spacial score (nSPS) is 22.0. The van der Waals surface area contributed by atoms with Crippen molar-refractivity contribution in [1.82, 2.24) is 5.32 Å². The summed E-state index contributed by atoms with van der Waals surface area (Å²) in [5.41, 5.74) is 0. The summed E-state index contributed by atoms with van der Waals surface area (Å²) >= 11 is 1.80. The molecular formula is C17H25NO2S. The van der Waals surface area contributed by atoms with E-state index in [1.165, 1.54) is 4.90 Å². The van der Waals surface area contributed by atoms with Gasteiger partial charge in [0.15, 0.2) is 0 Å². The van der Waals surface area contributed by atoms with Crippen molar-refractivity contribution in [1.29, 1.82) is 0 Å². The fourth-order valence-electron chi connectivity index (χ4n) is 2.64. The third-order valence-corrected chi connectivity index (χ3v) is 5.06. The summed E-state index contributed by atoms with van der Waals surface area (Å²) in [5.74, 6) is 1.69. The maximum atomic E-state index is 11.8. The van der Waals surface area contributed by atoms with Crippen LogP contribution >= 0.6 is 11.8 Å². The molecule has 1 amide bonds. The lowest BCUT2D eigenvalue weighted by Gasteiger charge is -2.25. The Morgan fingerprint density at radius 3 is 2.62 bits per heavy atom. The molecule has 0 bridgehead atoms. The van der Waals surface area contributed by atoms with Gasteiger partial charge < -0.3 is 10.4 Å². The highest BCUT2D eigenvalue weighted by Crippen LogP contribution is 2.23. The zero-order valence-corrected chi connectivity index (χ0v) is 13.3. The minimum Gasteiger partial charge on any atom is -0.393 e. The molecule has 1 aliphatic carbocycles. The van der Waals surface area contributed by atoms with Gasteiger partial charge in [0.1, 0.15) is 0 Å². The van der Waals surface area contributed by atoms with Crippen LogP contribution in [0.3, 0.4) is 0 Å². The van der Waals surface area contributed by atoms with Gasteiger partial charge in [-0.05, 0) is 55.9 Å². The summed E-state index contributed by atoms with van der Waals surface area (Å²) in [7, 11) is 0. The molecule has 4 heteroatoms. The maximum absolute atomic E-state index is 11.8. The van der Waals surface area contributed by atoms with Crippen LogP contribution in [-0.2, 0) is 4.79 Å². The molecule has 2 N–H and O–H groups in total. The molecule has 1 aromatic rings. The van der Waals surface area contributed by atoms with Crippen molar-refractivity contribution < 1.29 is 9.90 Å². The van der Waals surface area contributed by atoms with Crippen LogP contribution < -0.4 is 5.32 Å². The van der Waals surface area contributed by atoms with E-state index in [0.29, 0.717) is 12.3 Å². The van der Waals surface area contributed by atoms with E-state index in [-0.39, 0.29) is 12.0 Å². The van der Waals surface area contributed by atoms with Crippen molar-refractivity contribution in [3.05, 3.63) is 30.3 Å². The fourth-order valence-corrected chi connectivity index (χ4v) is 3.51. The van der Waals surface area contributed by atoms with E-state index < -0.39 is 0 Å². The largest absolute Gasteiger partial charge is 0.393 e. The number of benzene rings is 1. The molecule has 2 rings (SSSR count). The molecule has 0 heterocycles. The van der Waals surface area contributed by atoms with Crippen LogP contribution in [0.25, 0.3) is 0 Å². The van der Waals surface area contributed by atoms with Gasteiger partial charge in [0, 0.05) is 17.9 Å². The van der Waals surface area contributed by atoms with Crippen LogP contribution in [0.2, 0.25) is 0 Å². The summed E-state index contributed by atoms with van der Waals surface area (Å²) in [6.45, 7) is 0.775. The van der Waals surface area contributed by atoms with Crippen molar-refractivity contribution in [2.24, 2.45) is 5.92 Å². The van der Waals surface area contributed by atoms with Crippen LogP contribution in [0.1, 0.15) is 38.5 Å². The van der Waals surface area contributed by atoms with E-state index in [4.69, 9.17) is 0 Å². The number of thioether (sulfide) groups is 1. The van der Waals surface area contributed by atoms with Crippen LogP contribution in [-0.4, -0.2) is 29.4 Å². The minimum atomic E-state index is -0.119. The molecule has 0 aromatic heterocycles. The maximum Gasteiger partial charge on any atom is 0.220 e. The molecule has 0 aliphatic heterocycles.